The second-order valence-corrected chi connectivity index (χ2v) is 7.93. The first-order valence-electron chi connectivity index (χ1n) is 7.75. The molecular formula is C15H18F3N3O4S. The smallest absolute Gasteiger partial charge is 0.243 e. The number of nitrogens with zero attached hydrogens (tertiary/aromatic N) is 1. The first kappa shape index (κ1) is 20.2. The number of benzene rings is 1. The minimum atomic E-state index is -3.41. The maximum Gasteiger partial charge on any atom is 0.243 e. The number of amides is 2. The van der Waals surface area contributed by atoms with E-state index in [0.29, 0.717) is 25.5 Å². The number of rotatable bonds is 5. The van der Waals surface area contributed by atoms with E-state index >= 15 is 0 Å². The molecule has 2 amide bonds. The van der Waals surface area contributed by atoms with Gasteiger partial charge >= 0.3 is 0 Å². The van der Waals surface area contributed by atoms with Gasteiger partial charge in [-0.2, -0.15) is 0 Å². The van der Waals surface area contributed by atoms with Crippen molar-refractivity contribution >= 4 is 27.5 Å². The van der Waals surface area contributed by atoms with Crippen LogP contribution in [-0.4, -0.2) is 50.4 Å². The zero-order valence-electron chi connectivity index (χ0n) is 13.9. The van der Waals surface area contributed by atoms with Crippen molar-refractivity contribution in [2.24, 2.45) is 5.92 Å². The number of nitrogens with one attached hydrogen (secondary N) is 2. The SMILES string of the molecule is CS(=O)(=O)N1CCCC(C(=O)NCC(=O)Nc2ccc(F)c(F)c2F)C1. The van der Waals surface area contributed by atoms with Crippen LogP contribution in [0, 0.1) is 23.4 Å². The lowest BCUT2D eigenvalue weighted by atomic mass is 9.99. The van der Waals surface area contributed by atoms with Gasteiger partial charge in [0.1, 0.15) is 0 Å². The van der Waals surface area contributed by atoms with Crippen LogP contribution in [0.2, 0.25) is 0 Å². The van der Waals surface area contributed by atoms with E-state index in [4.69, 9.17) is 0 Å². The molecular weight excluding hydrogens is 375 g/mol. The zero-order valence-corrected chi connectivity index (χ0v) is 14.7. The van der Waals surface area contributed by atoms with Gasteiger partial charge in [-0.25, -0.2) is 25.9 Å². The molecule has 1 heterocycles. The standard InChI is InChI=1S/C15H18F3N3O4S/c1-26(24,25)21-6-2-3-9(8-21)15(23)19-7-12(22)20-11-5-4-10(16)13(17)14(11)18/h4-5,9H,2-3,6-8H2,1H3,(H,19,23)(H,20,22). The van der Waals surface area contributed by atoms with Gasteiger partial charge in [0.05, 0.1) is 24.4 Å². The third-order valence-electron chi connectivity index (χ3n) is 3.96. The summed E-state index contributed by atoms with van der Waals surface area (Å²) in [5.41, 5.74) is -0.552. The zero-order chi connectivity index (χ0) is 19.5. The molecule has 1 unspecified atom stereocenters. The highest BCUT2D eigenvalue weighted by Gasteiger charge is 2.30. The molecule has 1 atom stereocenters. The van der Waals surface area contributed by atoms with Gasteiger partial charge in [0.15, 0.2) is 17.5 Å². The van der Waals surface area contributed by atoms with E-state index in [1.807, 2.05) is 5.32 Å². The summed E-state index contributed by atoms with van der Waals surface area (Å²) in [6.07, 6.45) is 2.03. The van der Waals surface area contributed by atoms with Crippen LogP contribution >= 0.6 is 0 Å². The second-order valence-electron chi connectivity index (χ2n) is 5.95. The van der Waals surface area contributed by atoms with Crippen molar-refractivity contribution in [3.05, 3.63) is 29.6 Å². The van der Waals surface area contributed by atoms with Gasteiger partial charge in [-0.15, -0.1) is 0 Å². The highest BCUT2D eigenvalue weighted by atomic mass is 32.2. The van der Waals surface area contributed by atoms with Crippen molar-refractivity contribution in [3.63, 3.8) is 0 Å². The lowest BCUT2D eigenvalue weighted by Gasteiger charge is -2.30. The molecule has 26 heavy (non-hydrogen) atoms. The summed E-state index contributed by atoms with van der Waals surface area (Å²) in [6.45, 7) is -0.171. The van der Waals surface area contributed by atoms with E-state index in [-0.39, 0.29) is 6.54 Å². The van der Waals surface area contributed by atoms with Crippen LogP contribution in [0.5, 0.6) is 0 Å². The van der Waals surface area contributed by atoms with Gasteiger partial charge in [-0.3, -0.25) is 9.59 Å². The summed E-state index contributed by atoms with van der Waals surface area (Å²) in [6, 6.07) is 1.52. The molecule has 0 aromatic heterocycles. The van der Waals surface area contributed by atoms with Crippen LogP contribution < -0.4 is 10.6 Å². The quantitative estimate of drug-likeness (QED) is 0.725. The lowest BCUT2D eigenvalue weighted by molar-refractivity contribution is -0.128. The second kappa shape index (κ2) is 8.04. The van der Waals surface area contributed by atoms with Crippen molar-refractivity contribution in [3.8, 4) is 0 Å². The Morgan fingerprint density at radius 2 is 1.92 bits per heavy atom. The molecule has 0 saturated carbocycles. The van der Waals surface area contributed by atoms with Crippen LogP contribution in [0.4, 0.5) is 18.9 Å². The third kappa shape index (κ3) is 4.94. The van der Waals surface area contributed by atoms with Crippen molar-refractivity contribution < 1.29 is 31.2 Å². The summed E-state index contributed by atoms with van der Waals surface area (Å²) in [5.74, 6) is -6.60. The summed E-state index contributed by atoms with van der Waals surface area (Å²) in [7, 11) is -3.41. The molecule has 1 aromatic carbocycles. The number of hydrogen-bond donors (Lipinski definition) is 2. The van der Waals surface area contributed by atoms with E-state index < -0.39 is 57.4 Å². The van der Waals surface area contributed by atoms with E-state index in [0.717, 1.165) is 12.3 Å². The molecule has 1 fully saturated rings. The molecule has 7 nitrogen and oxygen atoms in total. The minimum Gasteiger partial charge on any atom is -0.347 e. The first-order chi connectivity index (χ1) is 12.1. The van der Waals surface area contributed by atoms with Crippen molar-refractivity contribution in [2.45, 2.75) is 12.8 Å². The Hall–Kier alpha value is -2.14. The number of sulfonamides is 1. The van der Waals surface area contributed by atoms with E-state index in [1.165, 1.54) is 4.31 Å². The number of halogens is 3. The Labute approximate surface area is 148 Å². The van der Waals surface area contributed by atoms with Gasteiger partial charge in [0.25, 0.3) is 0 Å². The molecule has 0 aliphatic carbocycles. The summed E-state index contributed by atoms with van der Waals surface area (Å²) in [4.78, 5) is 23.9. The van der Waals surface area contributed by atoms with Crippen LogP contribution in [0.3, 0.4) is 0 Å². The summed E-state index contributed by atoms with van der Waals surface area (Å²) < 4.78 is 63.7. The molecule has 1 aliphatic rings. The Balaban J connectivity index is 1.89. The molecule has 0 spiro atoms. The number of hydrogen-bond acceptors (Lipinski definition) is 4. The molecule has 0 radical (unpaired) electrons. The Morgan fingerprint density at radius 1 is 1.23 bits per heavy atom. The maximum atomic E-state index is 13.5. The Bertz CT molecular complexity index is 817. The molecule has 1 aliphatic heterocycles. The highest BCUT2D eigenvalue weighted by molar-refractivity contribution is 7.88. The highest BCUT2D eigenvalue weighted by Crippen LogP contribution is 2.20. The molecule has 1 aromatic rings. The Kier molecular flexibility index (Phi) is 6.24. The predicted molar refractivity (Wildman–Crippen MR) is 87.1 cm³/mol. The maximum absolute atomic E-state index is 13.5. The third-order valence-corrected chi connectivity index (χ3v) is 5.23. The monoisotopic (exact) mass is 393 g/mol. The molecule has 1 saturated heterocycles. The fourth-order valence-corrected chi connectivity index (χ4v) is 3.50. The Morgan fingerprint density at radius 3 is 2.58 bits per heavy atom. The normalized spacial score (nSPS) is 18.4. The topological polar surface area (TPSA) is 95.6 Å². The van der Waals surface area contributed by atoms with E-state index in [2.05, 4.69) is 5.32 Å². The molecule has 2 rings (SSSR count). The van der Waals surface area contributed by atoms with Crippen molar-refractivity contribution in [1.82, 2.24) is 9.62 Å². The fraction of sp³-hybridized carbons (Fsp3) is 0.467. The summed E-state index contributed by atoms with van der Waals surface area (Å²) >= 11 is 0. The number of anilines is 1. The lowest BCUT2D eigenvalue weighted by Crippen LogP contribution is -2.46. The van der Waals surface area contributed by atoms with E-state index in [9.17, 15) is 31.2 Å². The predicted octanol–water partition coefficient (Wildman–Crippen LogP) is 0.830. The number of carbonyl (C=O) groups excluding carboxylic acids is 2. The van der Waals surface area contributed by atoms with Crippen LogP contribution in [0.1, 0.15) is 12.8 Å². The van der Waals surface area contributed by atoms with Gasteiger partial charge in [-0.1, -0.05) is 0 Å². The van der Waals surface area contributed by atoms with Crippen LogP contribution in [0.25, 0.3) is 0 Å². The van der Waals surface area contributed by atoms with Crippen molar-refractivity contribution in [2.75, 3.05) is 31.2 Å². The average Bonchev–Trinajstić information content (AvgIpc) is 2.59. The summed E-state index contributed by atoms with van der Waals surface area (Å²) in [5, 5.41) is 4.36. The van der Waals surface area contributed by atoms with Crippen LogP contribution in [-0.2, 0) is 19.6 Å². The molecule has 11 heteroatoms. The molecule has 144 valence electrons. The average molecular weight is 393 g/mol. The first-order valence-corrected chi connectivity index (χ1v) is 9.60. The van der Waals surface area contributed by atoms with E-state index in [1.54, 1.807) is 0 Å². The molecule has 2 N–H and O–H groups in total. The van der Waals surface area contributed by atoms with Gasteiger partial charge in [0, 0.05) is 13.1 Å². The van der Waals surface area contributed by atoms with Crippen molar-refractivity contribution in [1.29, 1.82) is 0 Å². The largest absolute Gasteiger partial charge is 0.347 e. The molecule has 0 bridgehead atoms. The number of carbonyl (C=O) groups is 2. The number of piperidine rings is 1. The van der Waals surface area contributed by atoms with Gasteiger partial charge in [-0.05, 0) is 25.0 Å². The minimum absolute atomic E-state index is 0.0179. The van der Waals surface area contributed by atoms with Crippen LogP contribution in [0.15, 0.2) is 12.1 Å². The van der Waals surface area contributed by atoms with Gasteiger partial charge in [0.2, 0.25) is 21.8 Å². The fourth-order valence-electron chi connectivity index (χ4n) is 2.59. The van der Waals surface area contributed by atoms with Gasteiger partial charge < -0.3 is 10.6 Å².